The highest BCUT2D eigenvalue weighted by Crippen LogP contribution is 2.32. The number of nitrogens with one attached hydrogen (secondary N) is 1. The minimum Gasteiger partial charge on any atom is -0.496 e. The van der Waals surface area contributed by atoms with E-state index in [1.54, 1.807) is 19.2 Å². The van der Waals surface area contributed by atoms with Gasteiger partial charge in [-0.1, -0.05) is 44.0 Å². The average Bonchev–Trinajstić information content (AvgIpc) is 2.79. The van der Waals surface area contributed by atoms with E-state index in [1.807, 2.05) is 24.3 Å². The predicted molar refractivity (Wildman–Crippen MR) is 127 cm³/mol. The number of halogens is 1. The molecule has 0 heterocycles. The second-order valence-electron chi connectivity index (χ2n) is 7.12. The third-order valence-electron chi connectivity index (χ3n) is 4.92. The molecule has 2 aromatic carbocycles. The molecule has 5 nitrogen and oxygen atoms in total. The minimum atomic E-state index is -0.348. The Labute approximate surface area is 193 Å². The summed E-state index contributed by atoms with van der Waals surface area (Å²) in [5, 5.41) is 2.74. The van der Waals surface area contributed by atoms with E-state index < -0.39 is 0 Å². The number of carbonyl (C=O) groups is 2. The summed E-state index contributed by atoms with van der Waals surface area (Å²) < 4.78 is 10.8. The molecular formula is C25H30BrNO4. The van der Waals surface area contributed by atoms with Crippen LogP contribution in [0.2, 0.25) is 0 Å². The Kier molecular flexibility index (Phi) is 10.3. The molecule has 6 heteroatoms. The molecule has 2 rings (SSSR count). The van der Waals surface area contributed by atoms with E-state index in [0.29, 0.717) is 5.56 Å². The lowest BCUT2D eigenvalue weighted by Gasteiger charge is -2.12. The van der Waals surface area contributed by atoms with Crippen molar-refractivity contribution in [3.05, 3.63) is 69.7 Å². The molecule has 0 aliphatic heterocycles. The van der Waals surface area contributed by atoms with Crippen LogP contribution in [0.4, 0.5) is 0 Å². The van der Waals surface area contributed by atoms with Crippen molar-refractivity contribution in [1.82, 2.24) is 5.32 Å². The van der Waals surface area contributed by atoms with E-state index in [4.69, 9.17) is 4.74 Å². The molecule has 0 radical (unpaired) electrons. The molecule has 1 N–H and O–H groups in total. The zero-order chi connectivity index (χ0) is 22.6. The number of hydrogen-bond acceptors (Lipinski definition) is 4. The summed E-state index contributed by atoms with van der Waals surface area (Å²) in [6, 6.07) is 13.6. The van der Waals surface area contributed by atoms with Crippen LogP contribution in [-0.4, -0.2) is 32.6 Å². The average molecular weight is 488 g/mol. The van der Waals surface area contributed by atoms with Crippen LogP contribution in [0, 0.1) is 0 Å². The van der Waals surface area contributed by atoms with Crippen molar-refractivity contribution in [2.45, 2.75) is 39.0 Å². The lowest BCUT2D eigenvalue weighted by Crippen LogP contribution is -2.26. The quantitative estimate of drug-likeness (QED) is 0.323. The molecule has 1 amide bonds. The van der Waals surface area contributed by atoms with Crippen molar-refractivity contribution in [2.24, 2.45) is 0 Å². The van der Waals surface area contributed by atoms with Crippen molar-refractivity contribution in [1.29, 1.82) is 0 Å². The van der Waals surface area contributed by atoms with Gasteiger partial charge >= 0.3 is 5.97 Å². The van der Waals surface area contributed by atoms with Crippen LogP contribution >= 0.6 is 15.9 Å². The van der Waals surface area contributed by atoms with Crippen LogP contribution in [0.3, 0.4) is 0 Å². The molecule has 31 heavy (non-hydrogen) atoms. The number of unbranched alkanes of at least 4 members (excludes halogenated alkanes) is 3. The van der Waals surface area contributed by atoms with Crippen molar-refractivity contribution in [3.8, 4) is 5.75 Å². The summed E-state index contributed by atoms with van der Waals surface area (Å²) in [6.07, 6.45) is 6.91. The van der Waals surface area contributed by atoms with Gasteiger partial charge in [0.2, 0.25) is 0 Å². The number of ether oxygens (including phenoxy) is 2. The normalized spacial score (nSPS) is 11.2. The number of esters is 1. The van der Waals surface area contributed by atoms with Gasteiger partial charge in [-0.05, 0) is 69.7 Å². The molecule has 0 spiro atoms. The molecule has 2 aromatic rings. The standard InChI is InChI=1S/C25H30BrNO4/c1-4-5-6-7-8-21(20-13-14-23(30-2)22(26)17-20)18-9-11-19(12-10-18)25(29)27-16-15-24(28)31-3/h8-14,17H,4-7,15-16H2,1-3H3,(H,27,29)/b21-8-. The molecule has 0 aliphatic carbocycles. The molecular weight excluding hydrogens is 458 g/mol. The number of allylic oxidation sites excluding steroid dienone is 1. The number of benzene rings is 2. The van der Waals surface area contributed by atoms with E-state index >= 15 is 0 Å². The fourth-order valence-corrected chi connectivity index (χ4v) is 3.70. The van der Waals surface area contributed by atoms with Gasteiger partial charge in [-0.2, -0.15) is 0 Å². The Morgan fingerprint density at radius 1 is 1.00 bits per heavy atom. The lowest BCUT2D eigenvalue weighted by atomic mass is 9.95. The van der Waals surface area contributed by atoms with Gasteiger partial charge < -0.3 is 14.8 Å². The summed E-state index contributed by atoms with van der Waals surface area (Å²) in [5.74, 6) is 0.225. The predicted octanol–water partition coefficient (Wildman–Crippen LogP) is 5.76. The first-order valence-electron chi connectivity index (χ1n) is 10.5. The molecule has 0 saturated carbocycles. The van der Waals surface area contributed by atoms with E-state index in [1.165, 1.54) is 20.0 Å². The summed E-state index contributed by atoms with van der Waals surface area (Å²) >= 11 is 3.57. The van der Waals surface area contributed by atoms with Crippen molar-refractivity contribution in [3.63, 3.8) is 0 Å². The lowest BCUT2D eigenvalue weighted by molar-refractivity contribution is -0.140. The molecule has 0 aromatic heterocycles. The van der Waals surface area contributed by atoms with Crippen molar-refractivity contribution < 1.29 is 19.1 Å². The maximum absolute atomic E-state index is 12.3. The fraction of sp³-hybridized carbons (Fsp3) is 0.360. The van der Waals surface area contributed by atoms with Gasteiger partial charge in [-0.25, -0.2) is 0 Å². The van der Waals surface area contributed by atoms with Crippen molar-refractivity contribution in [2.75, 3.05) is 20.8 Å². The highest BCUT2D eigenvalue weighted by atomic mass is 79.9. The Hall–Kier alpha value is -2.60. The van der Waals surface area contributed by atoms with Crippen LogP contribution in [0.1, 0.15) is 60.5 Å². The van der Waals surface area contributed by atoms with Crippen molar-refractivity contribution >= 4 is 33.4 Å². The fourth-order valence-electron chi connectivity index (χ4n) is 3.16. The zero-order valence-corrected chi connectivity index (χ0v) is 20.0. The first kappa shape index (κ1) is 24.7. The summed E-state index contributed by atoms with van der Waals surface area (Å²) in [6.45, 7) is 2.44. The van der Waals surface area contributed by atoms with E-state index in [-0.39, 0.29) is 24.8 Å². The smallest absolute Gasteiger partial charge is 0.307 e. The highest BCUT2D eigenvalue weighted by Gasteiger charge is 2.11. The number of amides is 1. The van der Waals surface area contributed by atoms with Crippen LogP contribution in [0.15, 0.2) is 53.0 Å². The second kappa shape index (κ2) is 13.0. The number of rotatable bonds is 11. The highest BCUT2D eigenvalue weighted by molar-refractivity contribution is 9.10. The molecule has 0 saturated heterocycles. The van der Waals surface area contributed by atoms with Gasteiger partial charge in [-0.15, -0.1) is 0 Å². The Bertz CT molecular complexity index is 906. The minimum absolute atomic E-state index is 0.150. The third-order valence-corrected chi connectivity index (χ3v) is 5.54. The number of carbonyl (C=O) groups excluding carboxylic acids is 2. The number of hydrogen-bond donors (Lipinski definition) is 1. The summed E-state index contributed by atoms with van der Waals surface area (Å²) in [5.41, 5.74) is 3.80. The maximum Gasteiger partial charge on any atom is 0.307 e. The monoisotopic (exact) mass is 487 g/mol. The number of methoxy groups -OCH3 is 2. The summed E-state index contributed by atoms with van der Waals surface area (Å²) in [7, 11) is 2.98. The van der Waals surface area contributed by atoms with Crippen LogP contribution in [0.25, 0.3) is 5.57 Å². The third kappa shape index (κ3) is 7.55. The van der Waals surface area contributed by atoms with Gasteiger partial charge in [0.05, 0.1) is 25.1 Å². The van der Waals surface area contributed by atoms with Gasteiger partial charge in [0.25, 0.3) is 5.91 Å². The van der Waals surface area contributed by atoms with E-state index in [0.717, 1.165) is 39.8 Å². The van der Waals surface area contributed by atoms with Crippen LogP contribution in [0.5, 0.6) is 5.75 Å². The maximum atomic E-state index is 12.3. The summed E-state index contributed by atoms with van der Waals surface area (Å²) in [4.78, 5) is 23.5. The molecule has 0 aliphatic rings. The van der Waals surface area contributed by atoms with Gasteiger partial charge in [-0.3, -0.25) is 9.59 Å². The molecule has 0 unspecified atom stereocenters. The molecule has 166 valence electrons. The Morgan fingerprint density at radius 3 is 2.29 bits per heavy atom. The zero-order valence-electron chi connectivity index (χ0n) is 18.4. The van der Waals surface area contributed by atoms with Gasteiger partial charge in [0, 0.05) is 12.1 Å². The van der Waals surface area contributed by atoms with Gasteiger partial charge in [0.15, 0.2) is 0 Å². The molecule has 0 atom stereocenters. The molecule has 0 fully saturated rings. The second-order valence-corrected chi connectivity index (χ2v) is 7.98. The first-order chi connectivity index (χ1) is 15.0. The largest absolute Gasteiger partial charge is 0.496 e. The van der Waals surface area contributed by atoms with E-state index in [9.17, 15) is 9.59 Å². The van der Waals surface area contributed by atoms with Gasteiger partial charge in [0.1, 0.15) is 5.75 Å². The Balaban J connectivity index is 2.21. The van der Waals surface area contributed by atoms with Crippen LogP contribution in [-0.2, 0) is 9.53 Å². The first-order valence-corrected chi connectivity index (χ1v) is 11.3. The Morgan fingerprint density at radius 2 is 1.68 bits per heavy atom. The van der Waals surface area contributed by atoms with Crippen LogP contribution < -0.4 is 10.1 Å². The topological polar surface area (TPSA) is 64.6 Å². The van der Waals surface area contributed by atoms with E-state index in [2.05, 4.69) is 45.0 Å². The SMILES string of the molecule is CCCCC/C=C(/c1ccc(C(=O)NCCC(=O)OC)cc1)c1ccc(OC)c(Br)c1. The molecule has 0 bridgehead atoms.